The highest BCUT2D eigenvalue weighted by Gasteiger charge is 2.46. The molecule has 0 aromatic carbocycles. The van der Waals surface area contributed by atoms with Crippen molar-refractivity contribution in [3.8, 4) is 0 Å². The number of anilines is 1. The summed E-state index contributed by atoms with van der Waals surface area (Å²) in [4.78, 5) is 34.4. The van der Waals surface area contributed by atoms with Crippen molar-refractivity contribution in [3.05, 3.63) is 16.8 Å². The van der Waals surface area contributed by atoms with Crippen LogP contribution in [0.5, 0.6) is 0 Å². The average molecular weight is 459 g/mol. The maximum Gasteiger partial charge on any atom is 0.362 e. The van der Waals surface area contributed by atoms with Gasteiger partial charge in [0.2, 0.25) is 0 Å². The molecule has 2 aromatic heterocycles. The maximum absolute atomic E-state index is 12.3. The van der Waals surface area contributed by atoms with E-state index in [0.717, 1.165) is 17.3 Å². The van der Waals surface area contributed by atoms with Gasteiger partial charge in [-0.3, -0.25) is 8.98 Å². The van der Waals surface area contributed by atoms with Crippen LogP contribution in [0.3, 0.4) is 0 Å². The van der Waals surface area contributed by atoms with Crippen molar-refractivity contribution >= 4 is 33.2 Å². The zero-order valence-electron chi connectivity index (χ0n) is 16.0. The Hall–Kier alpha value is -2.63. The predicted octanol–water partition coefficient (Wildman–Crippen LogP) is -3.55. The Kier molecular flexibility index (Phi) is 5.67. The van der Waals surface area contributed by atoms with Gasteiger partial charge in [0, 0.05) is 0 Å². The Balaban J connectivity index is 1.46. The van der Waals surface area contributed by atoms with E-state index in [1.165, 1.54) is 0 Å². The molecule has 4 heterocycles. The average Bonchev–Trinajstić information content (AvgIpc) is 3.41. The molecule has 0 unspecified atom stereocenters. The molecule has 2 saturated heterocycles. The fraction of sp³-hybridized carbons (Fsp3) is 0.600. The van der Waals surface area contributed by atoms with E-state index in [2.05, 4.69) is 20.3 Å². The Bertz CT molecular complexity index is 1140. The summed E-state index contributed by atoms with van der Waals surface area (Å²) in [6.07, 6.45) is -3.60. The van der Waals surface area contributed by atoms with Crippen LogP contribution in [-0.4, -0.2) is 81.6 Å². The minimum absolute atomic E-state index is 0.00708. The lowest BCUT2D eigenvalue weighted by Gasteiger charge is -2.16. The number of nitrogens with zero attached hydrogens (tertiary/aromatic N) is 3. The number of amides is 1. The van der Waals surface area contributed by atoms with Gasteiger partial charge < -0.3 is 31.0 Å². The lowest BCUT2D eigenvalue weighted by Crippen LogP contribution is -2.44. The van der Waals surface area contributed by atoms with E-state index < -0.39 is 59.1 Å². The molecule has 5 atom stereocenters. The lowest BCUT2D eigenvalue weighted by molar-refractivity contribution is -0.121. The van der Waals surface area contributed by atoms with E-state index >= 15 is 0 Å². The van der Waals surface area contributed by atoms with E-state index in [1.54, 1.807) is 4.72 Å². The number of nitrogens with one attached hydrogen (secondary N) is 3. The molecule has 7 N–H and O–H groups in total. The zero-order valence-corrected chi connectivity index (χ0v) is 16.8. The van der Waals surface area contributed by atoms with Crippen molar-refractivity contribution in [2.45, 2.75) is 43.4 Å². The molecule has 4 rings (SSSR count). The van der Waals surface area contributed by atoms with E-state index in [1.807, 2.05) is 0 Å². The second-order valence-electron chi connectivity index (χ2n) is 7.16. The van der Waals surface area contributed by atoms with Gasteiger partial charge in [-0.15, -0.1) is 0 Å². The number of carbonyl (C=O) groups is 1. The number of nitrogen functional groups attached to an aromatic ring is 1. The summed E-state index contributed by atoms with van der Waals surface area (Å²) in [5, 5.41) is 23.5. The smallest absolute Gasteiger partial charge is 0.362 e. The van der Waals surface area contributed by atoms with Crippen molar-refractivity contribution in [3.63, 3.8) is 0 Å². The highest BCUT2D eigenvalue weighted by atomic mass is 32.2. The third kappa shape index (κ3) is 4.12. The highest BCUT2D eigenvalue weighted by molar-refractivity contribution is 7.85. The fourth-order valence-corrected chi connectivity index (χ4v) is 4.32. The predicted molar refractivity (Wildman–Crippen MR) is 103 cm³/mol. The van der Waals surface area contributed by atoms with Crippen LogP contribution in [0.4, 0.5) is 5.82 Å². The molecule has 170 valence electrons. The number of rotatable bonds is 6. The first-order chi connectivity index (χ1) is 14.7. The largest absolute Gasteiger partial charge is 0.387 e. The lowest BCUT2D eigenvalue weighted by atomic mass is 10.1. The highest BCUT2D eigenvalue weighted by Crippen LogP contribution is 2.31. The number of hydrogen-bond donors (Lipinski definition) is 6. The number of imidazole rings is 1. The number of carbonyl (C=O) groups excluding carboxylic acids is 1. The third-order valence-electron chi connectivity index (χ3n) is 5.12. The first-order valence-corrected chi connectivity index (χ1v) is 10.8. The maximum atomic E-state index is 12.3. The first kappa shape index (κ1) is 21.6. The molecule has 16 heteroatoms. The van der Waals surface area contributed by atoms with E-state index in [9.17, 15) is 28.2 Å². The number of aliphatic hydroxyl groups excluding tert-OH is 2. The van der Waals surface area contributed by atoms with Gasteiger partial charge in [0.15, 0.2) is 17.7 Å². The number of aromatic nitrogens is 4. The number of aromatic amines is 1. The van der Waals surface area contributed by atoms with Crippen molar-refractivity contribution in [2.75, 3.05) is 18.9 Å². The van der Waals surface area contributed by atoms with Crippen LogP contribution in [0.2, 0.25) is 0 Å². The van der Waals surface area contributed by atoms with Crippen LogP contribution in [0, 0.1) is 0 Å². The number of nitrogens with two attached hydrogens (primary N) is 1. The van der Waals surface area contributed by atoms with E-state index in [0.29, 0.717) is 13.0 Å². The monoisotopic (exact) mass is 459 g/mol. The standard InChI is InChI=1S/C15H21N7O8S/c16-11-8-12(19-5-18-11)22(15(26)20-8)14-10(24)9(23)7(30-14)4-29-31(27,28)21-13(25)6-2-1-3-17-6/h5-7,9-10,14,17,23-24H,1-4H2,(H,20,26)(H,21,25)(H2,16,18,19)/t6-,7+,9+,10+,14+/m0/s1. The van der Waals surface area contributed by atoms with Gasteiger partial charge in [-0.1, -0.05) is 0 Å². The van der Waals surface area contributed by atoms with Crippen LogP contribution >= 0.6 is 0 Å². The Morgan fingerprint density at radius 3 is 2.87 bits per heavy atom. The Morgan fingerprint density at radius 2 is 2.16 bits per heavy atom. The molecule has 31 heavy (non-hydrogen) atoms. The molecule has 2 fully saturated rings. The van der Waals surface area contributed by atoms with Gasteiger partial charge in [0.05, 0.1) is 12.6 Å². The molecule has 2 aliphatic rings. The second kappa shape index (κ2) is 8.13. The second-order valence-corrected chi connectivity index (χ2v) is 8.51. The molecule has 0 saturated carbocycles. The first-order valence-electron chi connectivity index (χ1n) is 9.34. The molecular formula is C15H21N7O8S. The Morgan fingerprint density at radius 1 is 1.39 bits per heavy atom. The van der Waals surface area contributed by atoms with Gasteiger partial charge >= 0.3 is 16.0 Å². The summed E-state index contributed by atoms with van der Waals surface area (Å²) in [7, 11) is -4.49. The van der Waals surface area contributed by atoms with Gasteiger partial charge in [-0.05, 0) is 19.4 Å². The SMILES string of the molecule is Nc1ncnc2c1[nH]c(=O)n2[C@@H]1O[C@H](COS(=O)(=O)NC(=O)[C@@H]2CCCN2)[C@@H](O)[C@H]1O. The van der Waals surface area contributed by atoms with Crippen molar-refractivity contribution in [1.29, 1.82) is 0 Å². The van der Waals surface area contributed by atoms with Gasteiger partial charge in [-0.25, -0.2) is 24.1 Å². The summed E-state index contributed by atoms with van der Waals surface area (Å²) in [5.74, 6) is -0.765. The summed E-state index contributed by atoms with van der Waals surface area (Å²) in [5.41, 5.74) is 5.10. The van der Waals surface area contributed by atoms with Crippen LogP contribution in [0.1, 0.15) is 19.1 Å². The number of fused-ring (bicyclic) bond motifs is 1. The summed E-state index contributed by atoms with van der Waals surface area (Å²) < 4.78 is 37.0. The number of aliphatic hydroxyl groups is 2. The molecule has 2 aliphatic heterocycles. The van der Waals surface area contributed by atoms with Crippen LogP contribution in [-0.2, 0) is 24.0 Å². The number of hydrogen-bond acceptors (Lipinski definition) is 12. The van der Waals surface area contributed by atoms with Crippen LogP contribution in [0.25, 0.3) is 11.2 Å². The quantitative estimate of drug-likeness (QED) is 0.247. The fourth-order valence-electron chi connectivity index (χ4n) is 3.56. The van der Waals surface area contributed by atoms with E-state index in [-0.39, 0.29) is 17.0 Å². The molecule has 0 spiro atoms. The van der Waals surface area contributed by atoms with Gasteiger partial charge in [0.1, 0.15) is 30.2 Å². The molecule has 2 aromatic rings. The summed E-state index contributed by atoms with van der Waals surface area (Å²) >= 11 is 0. The molecule has 0 bridgehead atoms. The van der Waals surface area contributed by atoms with Crippen molar-refractivity contribution in [2.24, 2.45) is 0 Å². The normalized spacial score (nSPS) is 28.9. The molecule has 0 aliphatic carbocycles. The molecule has 15 nitrogen and oxygen atoms in total. The molecule has 1 amide bonds. The molecular weight excluding hydrogens is 438 g/mol. The zero-order chi connectivity index (χ0) is 22.3. The van der Waals surface area contributed by atoms with Gasteiger partial charge in [-0.2, -0.15) is 8.42 Å². The van der Waals surface area contributed by atoms with Crippen LogP contribution < -0.4 is 21.5 Å². The summed E-state index contributed by atoms with van der Waals surface area (Å²) in [6, 6.07) is -0.638. The third-order valence-corrected chi connectivity index (χ3v) is 6.01. The van der Waals surface area contributed by atoms with Crippen molar-refractivity contribution in [1.82, 2.24) is 29.6 Å². The van der Waals surface area contributed by atoms with Crippen LogP contribution in [0.15, 0.2) is 11.1 Å². The minimum Gasteiger partial charge on any atom is -0.387 e. The molecule has 0 radical (unpaired) electrons. The Labute approximate surface area is 174 Å². The topological polar surface area (TPSA) is 224 Å². The number of ether oxygens (including phenoxy) is 1. The number of H-pyrrole nitrogens is 1. The summed E-state index contributed by atoms with van der Waals surface area (Å²) in [6.45, 7) is -0.117. The minimum atomic E-state index is -4.49. The van der Waals surface area contributed by atoms with Gasteiger partial charge in [0.25, 0.3) is 5.91 Å². The van der Waals surface area contributed by atoms with E-state index in [4.69, 9.17) is 14.7 Å². The van der Waals surface area contributed by atoms with Crippen molar-refractivity contribution < 1.29 is 32.3 Å².